The quantitative estimate of drug-likeness (QED) is 0.238. The third-order valence-electron chi connectivity index (χ3n) is 5.07. The van der Waals surface area contributed by atoms with E-state index in [9.17, 15) is 18.0 Å². The highest BCUT2D eigenvalue weighted by Gasteiger charge is 2.23. The summed E-state index contributed by atoms with van der Waals surface area (Å²) < 4.78 is 33.1. The molecule has 2 aromatic heterocycles. The normalized spacial score (nSPS) is 11.0. The Bertz CT molecular complexity index is 1510. The molecule has 3 N–H and O–H groups in total. The smallest absolute Gasteiger partial charge is 0.353 e. The summed E-state index contributed by atoms with van der Waals surface area (Å²) in [7, 11) is -2.53. The van der Waals surface area contributed by atoms with Crippen LogP contribution >= 0.6 is 23.2 Å². The number of carbonyl (C=O) groups is 2. The van der Waals surface area contributed by atoms with Crippen LogP contribution in [0, 0.1) is 6.92 Å². The van der Waals surface area contributed by atoms with E-state index in [2.05, 4.69) is 15.3 Å². The van der Waals surface area contributed by atoms with Crippen LogP contribution in [-0.2, 0) is 23.6 Å². The van der Waals surface area contributed by atoms with Gasteiger partial charge in [0.15, 0.2) is 5.78 Å². The van der Waals surface area contributed by atoms with Gasteiger partial charge < -0.3 is 5.11 Å². The fourth-order valence-electron chi connectivity index (χ4n) is 3.36. The number of H-pyrrole nitrogens is 1. The molecular weight excluding hydrogens is 531 g/mol. The van der Waals surface area contributed by atoms with Gasteiger partial charge in [-0.1, -0.05) is 35.3 Å². The van der Waals surface area contributed by atoms with Crippen molar-refractivity contribution in [1.82, 2.24) is 20.0 Å². The molecule has 0 aliphatic rings. The van der Waals surface area contributed by atoms with Gasteiger partial charge >= 0.3 is 5.97 Å². The summed E-state index contributed by atoms with van der Waals surface area (Å²) in [5.74, 6) is -1.25. The number of halogens is 2. The molecule has 0 saturated carbocycles. The van der Waals surface area contributed by atoms with Crippen molar-refractivity contribution in [3.8, 4) is 0 Å². The standard InChI is InChI=1S/C19H16Cl2N2O4S.C4H4N2O2/c1-11-18(19(24)15-8-5-13(20)10-16(15)21)17(23(2)22-11)9-12-3-6-14(7-4-12)28(25,26)27;7-4(8)3-1-2-5-6-3/h3-8,10H,9H2,1-2H3,(H,25,26,27);1-2H,(H,5,6)(H,7,8). The van der Waals surface area contributed by atoms with Gasteiger partial charge in [0.2, 0.25) is 0 Å². The fraction of sp³-hybridized carbons (Fsp3) is 0.130. The highest BCUT2D eigenvalue weighted by Crippen LogP contribution is 2.27. The second kappa shape index (κ2) is 11.0. The third kappa shape index (κ3) is 6.38. The molecule has 36 heavy (non-hydrogen) atoms. The number of carbonyl (C=O) groups excluding carboxylic acids is 1. The monoisotopic (exact) mass is 550 g/mol. The Kier molecular flexibility index (Phi) is 8.31. The predicted octanol–water partition coefficient (Wildman–Crippen LogP) is 4.21. The number of hydrogen-bond acceptors (Lipinski definition) is 6. The summed E-state index contributed by atoms with van der Waals surface area (Å²) in [4.78, 5) is 22.9. The maximum atomic E-state index is 13.1. The van der Waals surface area contributed by atoms with Crippen molar-refractivity contribution in [2.45, 2.75) is 18.2 Å². The molecule has 0 radical (unpaired) electrons. The molecule has 0 amide bonds. The van der Waals surface area contributed by atoms with Gasteiger partial charge in [-0.05, 0) is 48.9 Å². The molecule has 0 atom stereocenters. The highest BCUT2D eigenvalue weighted by atomic mass is 35.5. The minimum atomic E-state index is -4.26. The van der Waals surface area contributed by atoms with E-state index in [4.69, 9.17) is 32.9 Å². The van der Waals surface area contributed by atoms with E-state index in [1.165, 1.54) is 30.5 Å². The van der Waals surface area contributed by atoms with Crippen LogP contribution in [0.15, 0.2) is 59.6 Å². The molecule has 0 aliphatic heterocycles. The number of nitrogens with zero attached hydrogens (tertiary/aromatic N) is 3. The molecule has 0 spiro atoms. The Morgan fingerprint density at radius 2 is 1.75 bits per heavy atom. The lowest BCUT2D eigenvalue weighted by molar-refractivity contribution is 0.0690. The Labute approximate surface area is 216 Å². The molecule has 0 unspecified atom stereocenters. The number of rotatable bonds is 6. The van der Waals surface area contributed by atoms with Gasteiger partial charge in [0, 0.05) is 30.3 Å². The molecule has 4 aromatic rings. The number of aromatic nitrogens is 4. The second-order valence-corrected chi connectivity index (χ2v) is 9.82. The first-order valence-electron chi connectivity index (χ1n) is 10.2. The first-order valence-corrected chi connectivity index (χ1v) is 12.4. The number of ketones is 1. The van der Waals surface area contributed by atoms with E-state index in [1.54, 1.807) is 42.9 Å². The van der Waals surface area contributed by atoms with Gasteiger partial charge in [-0.3, -0.25) is 19.1 Å². The van der Waals surface area contributed by atoms with Crippen LogP contribution in [0.2, 0.25) is 10.0 Å². The number of aromatic amines is 1. The minimum absolute atomic E-state index is 0.116. The van der Waals surface area contributed by atoms with E-state index in [1.807, 2.05) is 0 Å². The van der Waals surface area contributed by atoms with Gasteiger partial charge in [0.1, 0.15) is 5.69 Å². The summed E-state index contributed by atoms with van der Waals surface area (Å²) in [5, 5.41) is 19.0. The Morgan fingerprint density at radius 3 is 2.25 bits per heavy atom. The summed E-state index contributed by atoms with van der Waals surface area (Å²) in [6.45, 7) is 1.74. The van der Waals surface area contributed by atoms with E-state index in [-0.39, 0.29) is 21.4 Å². The SMILES string of the molecule is Cc1nn(C)c(Cc2ccc(S(=O)(=O)O)cc2)c1C(=O)c1ccc(Cl)cc1Cl.O=C(O)c1ccn[nH]1. The van der Waals surface area contributed by atoms with Crippen molar-refractivity contribution in [2.75, 3.05) is 0 Å². The first kappa shape index (κ1) is 27.1. The number of hydrogen-bond donors (Lipinski definition) is 3. The van der Waals surface area contributed by atoms with Gasteiger partial charge in [-0.25, -0.2) is 4.79 Å². The van der Waals surface area contributed by atoms with E-state index >= 15 is 0 Å². The molecule has 10 nitrogen and oxygen atoms in total. The lowest BCUT2D eigenvalue weighted by Gasteiger charge is -2.09. The fourth-order valence-corrected chi connectivity index (χ4v) is 4.33. The summed E-state index contributed by atoms with van der Waals surface area (Å²) in [5.41, 5.74) is 2.85. The second-order valence-electron chi connectivity index (χ2n) is 7.56. The Balaban J connectivity index is 0.000000383. The predicted molar refractivity (Wildman–Crippen MR) is 132 cm³/mol. The Morgan fingerprint density at radius 1 is 1.08 bits per heavy atom. The molecule has 0 aliphatic carbocycles. The molecule has 0 fully saturated rings. The first-order chi connectivity index (χ1) is 16.9. The average molecular weight is 551 g/mol. The molecule has 2 aromatic carbocycles. The zero-order chi connectivity index (χ0) is 26.6. The zero-order valence-corrected chi connectivity index (χ0v) is 21.3. The van der Waals surface area contributed by atoms with Crippen molar-refractivity contribution in [2.24, 2.45) is 7.05 Å². The number of carboxylic acids is 1. The van der Waals surface area contributed by atoms with Crippen molar-refractivity contribution < 1.29 is 27.7 Å². The van der Waals surface area contributed by atoms with E-state index in [0.717, 1.165) is 5.56 Å². The van der Waals surface area contributed by atoms with Gasteiger partial charge in [0.25, 0.3) is 10.1 Å². The molecule has 188 valence electrons. The molecular formula is C23H20Cl2N4O6S. The van der Waals surface area contributed by atoms with Gasteiger partial charge in [-0.15, -0.1) is 0 Å². The molecule has 4 rings (SSSR count). The lowest BCUT2D eigenvalue weighted by atomic mass is 9.98. The van der Waals surface area contributed by atoms with E-state index in [0.29, 0.717) is 34.0 Å². The lowest BCUT2D eigenvalue weighted by Crippen LogP contribution is -2.09. The number of carboxylic acid groups (broad SMARTS) is 1. The Hall–Kier alpha value is -3.51. The topological polar surface area (TPSA) is 155 Å². The number of nitrogens with one attached hydrogen (secondary N) is 1. The summed E-state index contributed by atoms with van der Waals surface area (Å²) in [6.07, 6.45) is 1.73. The van der Waals surface area contributed by atoms with Crippen LogP contribution in [0.25, 0.3) is 0 Å². The zero-order valence-electron chi connectivity index (χ0n) is 18.9. The highest BCUT2D eigenvalue weighted by molar-refractivity contribution is 7.85. The van der Waals surface area contributed by atoms with Crippen LogP contribution in [0.1, 0.15) is 43.4 Å². The van der Waals surface area contributed by atoms with Crippen LogP contribution in [0.4, 0.5) is 0 Å². The molecule has 2 heterocycles. The van der Waals surface area contributed by atoms with E-state index < -0.39 is 16.1 Å². The number of benzene rings is 2. The average Bonchev–Trinajstić information content (AvgIpc) is 3.42. The molecule has 0 bridgehead atoms. The van der Waals surface area contributed by atoms with Crippen molar-refractivity contribution >= 4 is 45.1 Å². The largest absolute Gasteiger partial charge is 0.477 e. The van der Waals surface area contributed by atoms with Crippen LogP contribution in [-0.4, -0.2) is 49.8 Å². The maximum absolute atomic E-state index is 13.1. The molecule has 0 saturated heterocycles. The van der Waals surface area contributed by atoms with Crippen LogP contribution in [0.5, 0.6) is 0 Å². The van der Waals surface area contributed by atoms with Crippen LogP contribution in [0.3, 0.4) is 0 Å². The van der Waals surface area contributed by atoms with Crippen LogP contribution < -0.4 is 0 Å². The number of aromatic carboxylic acids is 1. The van der Waals surface area contributed by atoms with Gasteiger partial charge in [-0.2, -0.15) is 18.6 Å². The van der Waals surface area contributed by atoms with Crippen molar-refractivity contribution in [3.05, 3.63) is 98.5 Å². The van der Waals surface area contributed by atoms with Crippen molar-refractivity contribution in [3.63, 3.8) is 0 Å². The summed E-state index contributed by atoms with van der Waals surface area (Å²) in [6, 6.07) is 11.9. The molecule has 13 heteroatoms. The third-order valence-corrected chi connectivity index (χ3v) is 6.48. The minimum Gasteiger partial charge on any atom is -0.477 e. The maximum Gasteiger partial charge on any atom is 0.353 e. The van der Waals surface area contributed by atoms with Crippen molar-refractivity contribution in [1.29, 1.82) is 0 Å². The van der Waals surface area contributed by atoms with Gasteiger partial charge in [0.05, 0.1) is 26.9 Å². The summed E-state index contributed by atoms with van der Waals surface area (Å²) >= 11 is 12.1. The number of aryl methyl sites for hydroxylation is 2.